The monoisotopic (exact) mass is 455 g/mol. The number of aliphatic hydroxyl groups excluding tert-OH is 1. The Balaban J connectivity index is 1.82. The number of nitrogens with zero attached hydrogens (tertiary/aromatic N) is 3. The van der Waals surface area contributed by atoms with Gasteiger partial charge in [-0.2, -0.15) is 8.42 Å². The van der Waals surface area contributed by atoms with E-state index in [-0.39, 0.29) is 28.7 Å². The first-order valence-electron chi connectivity index (χ1n) is 9.16. The molecule has 0 radical (unpaired) electrons. The minimum Gasteiger partial charge on any atom is -0.467 e. The summed E-state index contributed by atoms with van der Waals surface area (Å²) in [7, 11) is -0.874. The first-order valence-corrected chi connectivity index (χ1v) is 11.5. The Hall–Kier alpha value is -2.31. The number of thioether (sulfide) groups is 1. The van der Waals surface area contributed by atoms with Crippen molar-refractivity contribution < 1.29 is 22.7 Å². The van der Waals surface area contributed by atoms with Gasteiger partial charge in [0.25, 0.3) is 0 Å². The zero-order valence-corrected chi connectivity index (χ0v) is 18.9. The molecule has 164 valence electrons. The van der Waals surface area contributed by atoms with Gasteiger partial charge in [0.2, 0.25) is 5.91 Å². The number of hydrogen-bond donors (Lipinski definition) is 3. The molecule has 12 heteroatoms. The molecule has 2 aliphatic rings. The van der Waals surface area contributed by atoms with E-state index in [0.717, 1.165) is 11.8 Å². The highest BCUT2D eigenvalue weighted by Gasteiger charge is 2.38. The Morgan fingerprint density at radius 3 is 2.53 bits per heavy atom. The van der Waals surface area contributed by atoms with Crippen LogP contribution in [0.25, 0.3) is 0 Å². The first-order chi connectivity index (χ1) is 13.9. The van der Waals surface area contributed by atoms with Crippen LogP contribution in [-0.2, 0) is 15.0 Å². The van der Waals surface area contributed by atoms with E-state index in [2.05, 4.69) is 19.4 Å². The average Bonchev–Trinajstić information content (AvgIpc) is 3.32. The molecule has 3 atom stereocenters. The topological polar surface area (TPSA) is 137 Å². The SMILES string of the molecule is CN(C)C(=O)C1SC=C(NC2=NS(=O)(=O)N=C2N[C@@H](c2ccco2)C(C)(C)C)C1O. The average molecular weight is 456 g/mol. The van der Waals surface area contributed by atoms with Crippen LogP contribution in [0.2, 0.25) is 0 Å². The van der Waals surface area contributed by atoms with Crippen molar-refractivity contribution >= 4 is 39.5 Å². The molecular weight excluding hydrogens is 430 g/mol. The lowest BCUT2D eigenvalue weighted by Crippen LogP contribution is -2.46. The van der Waals surface area contributed by atoms with E-state index in [1.165, 1.54) is 11.2 Å². The third-order valence-corrected chi connectivity index (χ3v) is 6.48. The van der Waals surface area contributed by atoms with Gasteiger partial charge in [-0.15, -0.1) is 20.6 Å². The van der Waals surface area contributed by atoms with Gasteiger partial charge in [0.1, 0.15) is 17.1 Å². The number of hydrogen-bond acceptors (Lipinski definition) is 8. The summed E-state index contributed by atoms with van der Waals surface area (Å²) in [5.74, 6) is 0.312. The molecule has 10 nitrogen and oxygen atoms in total. The number of nitrogens with one attached hydrogen (secondary N) is 2. The predicted molar refractivity (Wildman–Crippen MR) is 115 cm³/mol. The van der Waals surface area contributed by atoms with Crippen molar-refractivity contribution in [2.24, 2.45) is 14.2 Å². The summed E-state index contributed by atoms with van der Waals surface area (Å²) in [6.45, 7) is 5.91. The quantitative estimate of drug-likeness (QED) is 0.612. The molecule has 2 unspecified atom stereocenters. The summed E-state index contributed by atoms with van der Waals surface area (Å²) in [5.41, 5.74) is -0.0703. The molecule has 30 heavy (non-hydrogen) atoms. The zero-order chi connectivity index (χ0) is 22.3. The van der Waals surface area contributed by atoms with Crippen LogP contribution in [0.5, 0.6) is 0 Å². The molecule has 0 bridgehead atoms. The van der Waals surface area contributed by atoms with E-state index in [0.29, 0.717) is 5.76 Å². The van der Waals surface area contributed by atoms with Crippen LogP contribution in [0, 0.1) is 5.41 Å². The van der Waals surface area contributed by atoms with Gasteiger partial charge < -0.3 is 25.1 Å². The third kappa shape index (κ3) is 4.71. The molecule has 1 amide bonds. The largest absolute Gasteiger partial charge is 0.467 e. The van der Waals surface area contributed by atoms with Gasteiger partial charge in [-0.3, -0.25) is 4.79 Å². The fraction of sp³-hybridized carbons (Fsp3) is 0.500. The van der Waals surface area contributed by atoms with Crippen LogP contribution in [-0.4, -0.2) is 61.5 Å². The summed E-state index contributed by atoms with van der Waals surface area (Å²) in [6, 6.07) is 3.13. The lowest BCUT2D eigenvalue weighted by atomic mass is 9.85. The van der Waals surface area contributed by atoms with Crippen LogP contribution in [0.3, 0.4) is 0 Å². The number of carbonyl (C=O) groups is 1. The number of aliphatic hydroxyl groups is 1. The summed E-state index contributed by atoms with van der Waals surface area (Å²) >= 11 is 1.15. The van der Waals surface area contributed by atoms with Crippen molar-refractivity contribution in [3.63, 3.8) is 0 Å². The second-order valence-corrected chi connectivity index (χ2v) is 10.5. The predicted octanol–water partition coefficient (Wildman–Crippen LogP) is 1.01. The summed E-state index contributed by atoms with van der Waals surface area (Å²) < 4.78 is 37.0. The number of rotatable bonds is 4. The van der Waals surface area contributed by atoms with Crippen molar-refractivity contribution in [1.29, 1.82) is 0 Å². The maximum atomic E-state index is 12.2. The Bertz CT molecular complexity index is 1010. The van der Waals surface area contributed by atoms with Gasteiger partial charge >= 0.3 is 10.2 Å². The van der Waals surface area contributed by atoms with Crippen molar-refractivity contribution in [1.82, 2.24) is 15.5 Å². The molecule has 1 aromatic heterocycles. The standard InChI is InChI=1S/C18H25N5O5S2/c1-18(2,3)14(11-7-6-8-28-11)20-16-15(21-30(26,27)22-16)19-10-9-29-13(12(10)24)17(25)23(4)5/h6-9,12-14,24H,1-5H3,(H,19,21)(H,20,22)/t12?,13?,14-/m0/s1. The molecule has 0 saturated heterocycles. The lowest BCUT2D eigenvalue weighted by Gasteiger charge is -2.30. The highest BCUT2D eigenvalue weighted by Crippen LogP contribution is 2.34. The van der Waals surface area contributed by atoms with Gasteiger partial charge in [0.05, 0.1) is 18.0 Å². The van der Waals surface area contributed by atoms with Crippen LogP contribution in [0.4, 0.5) is 0 Å². The normalized spacial score (nSPS) is 24.0. The second-order valence-electron chi connectivity index (χ2n) is 8.22. The molecule has 3 rings (SSSR count). The minimum atomic E-state index is -4.08. The smallest absolute Gasteiger partial charge is 0.367 e. The highest BCUT2D eigenvalue weighted by atomic mass is 32.2. The van der Waals surface area contributed by atoms with Crippen LogP contribution < -0.4 is 10.6 Å². The summed E-state index contributed by atoms with van der Waals surface area (Å²) in [6.07, 6.45) is 0.398. The van der Waals surface area contributed by atoms with Gasteiger partial charge in [-0.25, -0.2) is 0 Å². The molecular formula is C18H25N5O5S2. The van der Waals surface area contributed by atoms with Gasteiger partial charge in [0.15, 0.2) is 11.7 Å². The first kappa shape index (κ1) is 22.4. The zero-order valence-electron chi connectivity index (χ0n) is 17.3. The fourth-order valence-electron chi connectivity index (χ4n) is 2.96. The molecule has 3 N–H and O–H groups in total. The van der Waals surface area contributed by atoms with E-state index in [1.807, 2.05) is 20.8 Å². The number of furan rings is 1. The maximum Gasteiger partial charge on any atom is 0.367 e. The van der Waals surface area contributed by atoms with Crippen molar-refractivity contribution in [3.05, 3.63) is 35.3 Å². The van der Waals surface area contributed by atoms with Crippen LogP contribution in [0.15, 0.2) is 42.7 Å². The Morgan fingerprint density at radius 1 is 1.30 bits per heavy atom. The molecule has 2 aliphatic heterocycles. The Kier molecular flexibility index (Phi) is 6.03. The van der Waals surface area contributed by atoms with Crippen LogP contribution in [0.1, 0.15) is 32.6 Å². The Morgan fingerprint density at radius 2 is 1.97 bits per heavy atom. The van der Waals surface area contributed by atoms with Gasteiger partial charge in [-0.05, 0) is 23.0 Å². The number of carbonyl (C=O) groups excluding carboxylic acids is 1. The van der Waals surface area contributed by atoms with E-state index in [4.69, 9.17) is 4.42 Å². The van der Waals surface area contributed by atoms with E-state index in [1.54, 1.807) is 31.6 Å². The van der Waals surface area contributed by atoms with Gasteiger partial charge in [-0.1, -0.05) is 20.8 Å². The van der Waals surface area contributed by atoms with E-state index in [9.17, 15) is 18.3 Å². The lowest BCUT2D eigenvalue weighted by molar-refractivity contribution is -0.129. The number of amidine groups is 2. The molecule has 0 saturated carbocycles. The maximum absolute atomic E-state index is 12.2. The third-order valence-electron chi connectivity index (χ3n) is 4.51. The molecule has 3 heterocycles. The van der Waals surface area contributed by atoms with E-state index >= 15 is 0 Å². The Labute approximate surface area is 179 Å². The molecule has 1 aromatic rings. The molecule has 0 aliphatic carbocycles. The van der Waals surface area contributed by atoms with E-state index < -0.39 is 27.6 Å². The molecule has 0 aromatic carbocycles. The minimum absolute atomic E-state index is 0.00631. The highest BCUT2D eigenvalue weighted by molar-refractivity contribution is 8.03. The summed E-state index contributed by atoms with van der Waals surface area (Å²) in [5, 5.41) is 17.3. The van der Waals surface area contributed by atoms with Crippen molar-refractivity contribution in [3.8, 4) is 0 Å². The fourth-order valence-corrected chi connectivity index (χ4v) is 4.85. The summed E-state index contributed by atoms with van der Waals surface area (Å²) in [4.78, 5) is 13.6. The van der Waals surface area contributed by atoms with Crippen molar-refractivity contribution in [2.75, 3.05) is 14.1 Å². The second kappa shape index (κ2) is 8.08. The number of amides is 1. The molecule has 0 spiro atoms. The van der Waals surface area contributed by atoms with Crippen molar-refractivity contribution in [2.45, 2.75) is 38.2 Å². The van der Waals surface area contributed by atoms with Gasteiger partial charge in [0, 0.05) is 14.1 Å². The molecule has 0 fully saturated rings. The van der Waals surface area contributed by atoms with Crippen LogP contribution >= 0.6 is 11.8 Å².